The summed E-state index contributed by atoms with van der Waals surface area (Å²) in [6.45, 7) is 0. The number of aromatic amines is 1. The number of furan rings is 1. The molecule has 0 aliphatic heterocycles. The van der Waals surface area contributed by atoms with Crippen LogP contribution in [0.4, 0.5) is 13.2 Å². The van der Waals surface area contributed by atoms with Crippen LogP contribution in [-0.4, -0.2) is 22.3 Å². The highest BCUT2D eigenvalue weighted by Gasteiger charge is 2.30. The number of nitrogens with one attached hydrogen (secondary N) is 2. The van der Waals surface area contributed by atoms with E-state index in [2.05, 4.69) is 20.7 Å². The molecular weight excluding hydrogens is 409 g/mol. The van der Waals surface area contributed by atoms with E-state index in [0.29, 0.717) is 5.69 Å². The lowest BCUT2D eigenvalue weighted by molar-refractivity contribution is -0.137. The number of hydrogen-bond donors (Lipinski definition) is 2. The summed E-state index contributed by atoms with van der Waals surface area (Å²) in [6.07, 6.45) is -3.19. The van der Waals surface area contributed by atoms with Crippen LogP contribution in [0.5, 0.6) is 0 Å². The van der Waals surface area contributed by atoms with E-state index in [1.165, 1.54) is 30.5 Å². The van der Waals surface area contributed by atoms with Crippen molar-refractivity contribution in [2.75, 3.05) is 0 Å². The van der Waals surface area contributed by atoms with Gasteiger partial charge in [-0.15, -0.1) is 0 Å². The molecule has 2 aromatic carbocycles. The molecule has 0 spiro atoms. The molecule has 31 heavy (non-hydrogen) atoms. The van der Waals surface area contributed by atoms with E-state index in [1.54, 1.807) is 6.07 Å². The van der Waals surface area contributed by atoms with Gasteiger partial charge < -0.3 is 4.42 Å². The fraction of sp³-hybridized carbons (Fsp3) is 0.0455. The van der Waals surface area contributed by atoms with Gasteiger partial charge in [0.05, 0.1) is 17.5 Å². The van der Waals surface area contributed by atoms with Crippen molar-refractivity contribution in [3.8, 4) is 22.6 Å². The predicted molar refractivity (Wildman–Crippen MR) is 108 cm³/mol. The van der Waals surface area contributed by atoms with E-state index in [9.17, 15) is 18.0 Å². The van der Waals surface area contributed by atoms with E-state index in [0.717, 1.165) is 17.7 Å². The maximum Gasteiger partial charge on any atom is 0.416 e. The third-order valence-electron chi connectivity index (χ3n) is 4.35. The molecule has 0 unspecified atom stereocenters. The number of aromatic nitrogens is 2. The van der Waals surface area contributed by atoms with Crippen LogP contribution in [0.15, 0.2) is 82.3 Å². The Bertz CT molecular complexity index is 1230. The number of halogens is 3. The Hall–Kier alpha value is -4.14. The Morgan fingerprint density at radius 1 is 1.00 bits per heavy atom. The van der Waals surface area contributed by atoms with E-state index >= 15 is 0 Å². The fourth-order valence-corrected chi connectivity index (χ4v) is 2.84. The van der Waals surface area contributed by atoms with Gasteiger partial charge in [-0.1, -0.05) is 42.5 Å². The summed E-state index contributed by atoms with van der Waals surface area (Å²) in [4.78, 5) is 12.2. The molecule has 9 heteroatoms. The van der Waals surface area contributed by atoms with Gasteiger partial charge >= 0.3 is 6.18 Å². The van der Waals surface area contributed by atoms with Crippen molar-refractivity contribution in [3.05, 3.63) is 89.8 Å². The Balaban J connectivity index is 1.41. The Morgan fingerprint density at radius 3 is 2.55 bits per heavy atom. The molecule has 0 saturated heterocycles. The molecular formula is C22H15F3N4O2. The summed E-state index contributed by atoms with van der Waals surface area (Å²) >= 11 is 0. The third kappa shape index (κ3) is 4.72. The summed E-state index contributed by atoms with van der Waals surface area (Å²) in [7, 11) is 0. The van der Waals surface area contributed by atoms with Crippen molar-refractivity contribution in [1.82, 2.24) is 15.6 Å². The molecule has 0 bridgehead atoms. The van der Waals surface area contributed by atoms with Crippen molar-refractivity contribution in [1.29, 1.82) is 0 Å². The number of hydrazone groups is 1. The normalized spacial score (nSPS) is 11.7. The standard InChI is InChI=1S/C22H15F3N4O2/c23-22(24,25)16-8-4-7-15(11-16)20-10-9-17(31-20)13-26-29-21(30)19-12-18(27-28-19)14-5-2-1-3-6-14/h1-13H,(H,27,28)(H,29,30)/b26-13-. The van der Waals surface area contributed by atoms with E-state index < -0.39 is 17.6 Å². The number of H-pyrrole nitrogens is 1. The largest absolute Gasteiger partial charge is 0.455 e. The van der Waals surface area contributed by atoms with E-state index in [1.807, 2.05) is 30.3 Å². The molecule has 6 nitrogen and oxygen atoms in total. The molecule has 4 rings (SSSR count). The van der Waals surface area contributed by atoms with Gasteiger partial charge in [-0.3, -0.25) is 9.89 Å². The molecule has 2 heterocycles. The zero-order valence-corrected chi connectivity index (χ0v) is 15.9. The van der Waals surface area contributed by atoms with Gasteiger partial charge in [-0.25, -0.2) is 5.43 Å². The van der Waals surface area contributed by atoms with Crippen molar-refractivity contribution in [3.63, 3.8) is 0 Å². The number of alkyl halides is 3. The third-order valence-corrected chi connectivity index (χ3v) is 4.35. The van der Waals surface area contributed by atoms with Gasteiger partial charge in [-0.05, 0) is 30.3 Å². The minimum Gasteiger partial charge on any atom is -0.455 e. The number of carbonyl (C=O) groups is 1. The van der Waals surface area contributed by atoms with Crippen molar-refractivity contribution >= 4 is 12.1 Å². The highest BCUT2D eigenvalue weighted by molar-refractivity contribution is 5.94. The van der Waals surface area contributed by atoms with Crippen LogP contribution >= 0.6 is 0 Å². The van der Waals surface area contributed by atoms with Gasteiger partial charge in [-0.2, -0.15) is 23.4 Å². The minimum absolute atomic E-state index is 0.222. The van der Waals surface area contributed by atoms with Gasteiger partial charge in [0.15, 0.2) is 0 Å². The van der Waals surface area contributed by atoms with Crippen molar-refractivity contribution in [2.45, 2.75) is 6.18 Å². The lowest BCUT2D eigenvalue weighted by atomic mass is 10.1. The van der Waals surface area contributed by atoms with Crippen LogP contribution < -0.4 is 5.43 Å². The lowest BCUT2D eigenvalue weighted by Crippen LogP contribution is -2.17. The number of nitrogens with zero attached hydrogens (tertiary/aromatic N) is 2. The molecule has 0 fully saturated rings. The first-order valence-corrected chi connectivity index (χ1v) is 9.12. The summed E-state index contributed by atoms with van der Waals surface area (Å²) < 4.78 is 44.1. The summed E-state index contributed by atoms with van der Waals surface area (Å²) in [6, 6.07) is 18.8. The van der Waals surface area contributed by atoms with E-state index in [-0.39, 0.29) is 22.8 Å². The topological polar surface area (TPSA) is 83.3 Å². The van der Waals surface area contributed by atoms with Gasteiger partial charge in [0.1, 0.15) is 17.2 Å². The summed E-state index contributed by atoms with van der Waals surface area (Å²) in [5, 5.41) is 10.6. The fourth-order valence-electron chi connectivity index (χ4n) is 2.84. The molecule has 0 aliphatic carbocycles. The van der Waals surface area contributed by atoms with Crippen molar-refractivity contribution in [2.24, 2.45) is 5.10 Å². The maximum absolute atomic E-state index is 12.9. The first-order chi connectivity index (χ1) is 14.9. The Labute approximate surface area is 174 Å². The SMILES string of the molecule is O=C(N/N=C\c1ccc(-c2cccc(C(F)(F)F)c2)o1)c1cc(-c2ccccc2)n[nH]1. The van der Waals surface area contributed by atoms with Crippen LogP contribution in [0.3, 0.4) is 0 Å². The number of rotatable bonds is 5. The minimum atomic E-state index is -4.44. The summed E-state index contributed by atoms with van der Waals surface area (Å²) in [5.74, 6) is 0.0119. The van der Waals surface area contributed by atoms with Crippen LogP contribution in [0.1, 0.15) is 21.8 Å². The van der Waals surface area contributed by atoms with Crippen molar-refractivity contribution < 1.29 is 22.4 Å². The quantitative estimate of drug-likeness (QED) is 0.345. The zero-order valence-electron chi connectivity index (χ0n) is 15.9. The van der Waals surface area contributed by atoms with E-state index in [4.69, 9.17) is 4.42 Å². The number of carbonyl (C=O) groups excluding carboxylic acids is 1. The molecule has 4 aromatic rings. The average Bonchev–Trinajstić information content (AvgIpc) is 3.44. The van der Waals surface area contributed by atoms with Gasteiger partial charge in [0, 0.05) is 11.1 Å². The molecule has 1 amide bonds. The Morgan fingerprint density at radius 2 is 1.77 bits per heavy atom. The molecule has 0 atom stereocenters. The first kappa shape index (κ1) is 20.1. The number of hydrogen-bond acceptors (Lipinski definition) is 4. The zero-order chi connectivity index (χ0) is 21.8. The molecule has 0 aliphatic rings. The average molecular weight is 424 g/mol. The molecule has 156 valence electrons. The highest BCUT2D eigenvalue weighted by atomic mass is 19.4. The molecule has 2 N–H and O–H groups in total. The molecule has 0 saturated carbocycles. The second kappa shape index (κ2) is 8.31. The second-order valence-corrected chi connectivity index (χ2v) is 6.51. The van der Waals surface area contributed by atoms with Crippen LogP contribution in [0.25, 0.3) is 22.6 Å². The van der Waals surface area contributed by atoms with Crippen LogP contribution in [0, 0.1) is 0 Å². The maximum atomic E-state index is 12.9. The monoisotopic (exact) mass is 424 g/mol. The summed E-state index contributed by atoms with van der Waals surface area (Å²) in [5.41, 5.74) is 3.56. The second-order valence-electron chi connectivity index (χ2n) is 6.51. The highest BCUT2D eigenvalue weighted by Crippen LogP contribution is 2.32. The first-order valence-electron chi connectivity index (χ1n) is 9.12. The predicted octanol–water partition coefficient (Wildman–Crippen LogP) is 5.12. The molecule has 0 radical (unpaired) electrons. The number of benzene rings is 2. The van der Waals surface area contributed by atoms with Crippen LogP contribution in [-0.2, 0) is 6.18 Å². The Kier molecular flexibility index (Phi) is 5.40. The van der Waals surface area contributed by atoms with Gasteiger partial charge in [0.25, 0.3) is 5.91 Å². The van der Waals surface area contributed by atoms with Gasteiger partial charge in [0.2, 0.25) is 0 Å². The molecule has 2 aromatic heterocycles. The van der Waals surface area contributed by atoms with Crippen LogP contribution in [0.2, 0.25) is 0 Å². The lowest BCUT2D eigenvalue weighted by Gasteiger charge is -2.07. The number of amides is 1. The smallest absolute Gasteiger partial charge is 0.416 e.